The van der Waals surface area contributed by atoms with Gasteiger partial charge < -0.3 is 4.98 Å². The molecule has 22 heavy (non-hydrogen) atoms. The number of aromatic nitrogens is 1. The van der Waals surface area contributed by atoms with Crippen LogP contribution in [0, 0.1) is 0 Å². The minimum absolute atomic E-state index is 0.264. The standard InChI is InChI=1S/C17H22N2O2S/c1-2-3-12-22(20,21)19-10-8-14(9-11-19)16-13-18-17-7-5-4-6-15(16)17/h4-8,13,18H,2-3,9-12H2,1H3. The monoisotopic (exact) mass is 318 g/mol. The fourth-order valence-electron chi connectivity index (χ4n) is 2.94. The van der Waals surface area contributed by atoms with Crippen LogP contribution in [0.15, 0.2) is 36.5 Å². The Balaban J connectivity index is 1.79. The molecule has 0 saturated carbocycles. The summed E-state index contributed by atoms with van der Waals surface area (Å²) in [7, 11) is -3.10. The van der Waals surface area contributed by atoms with Crippen molar-refractivity contribution in [2.45, 2.75) is 26.2 Å². The molecule has 0 amide bonds. The van der Waals surface area contributed by atoms with Crippen LogP contribution in [0.2, 0.25) is 0 Å². The van der Waals surface area contributed by atoms with E-state index in [1.165, 1.54) is 16.5 Å². The fourth-order valence-corrected chi connectivity index (χ4v) is 4.52. The second-order valence-corrected chi connectivity index (χ2v) is 7.84. The van der Waals surface area contributed by atoms with E-state index in [0.717, 1.165) is 24.8 Å². The molecule has 2 heterocycles. The van der Waals surface area contributed by atoms with Gasteiger partial charge in [-0.15, -0.1) is 0 Å². The lowest BCUT2D eigenvalue weighted by Crippen LogP contribution is -2.36. The number of nitrogens with one attached hydrogen (secondary N) is 1. The van der Waals surface area contributed by atoms with Crippen LogP contribution in [-0.2, 0) is 10.0 Å². The predicted molar refractivity (Wildman–Crippen MR) is 91.2 cm³/mol. The lowest BCUT2D eigenvalue weighted by atomic mass is 10.00. The van der Waals surface area contributed by atoms with Gasteiger partial charge in [-0.2, -0.15) is 4.31 Å². The average Bonchev–Trinajstić information content (AvgIpc) is 2.97. The number of hydrogen-bond acceptors (Lipinski definition) is 2. The maximum absolute atomic E-state index is 12.2. The maximum Gasteiger partial charge on any atom is 0.214 e. The first-order valence-corrected chi connectivity index (χ1v) is 9.46. The van der Waals surface area contributed by atoms with Gasteiger partial charge in [-0.3, -0.25) is 0 Å². The van der Waals surface area contributed by atoms with Gasteiger partial charge in [0.15, 0.2) is 0 Å². The van der Waals surface area contributed by atoms with E-state index < -0.39 is 10.0 Å². The molecule has 5 heteroatoms. The van der Waals surface area contributed by atoms with Crippen molar-refractivity contribution in [1.29, 1.82) is 0 Å². The molecule has 1 aromatic heterocycles. The van der Waals surface area contributed by atoms with Crippen molar-refractivity contribution in [1.82, 2.24) is 9.29 Å². The number of rotatable bonds is 5. The molecule has 0 aliphatic carbocycles. The van der Waals surface area contributed by atoms with Crippen molar-refractivity contribution in [3.05, 3.63) is 42.1 Å². The number of unbranched alkanes of at least 4 members (excludes halogenated alkanes) is 1. The largest absolute Gasteiger partial charge is 0.361 e. The highest BCUT2D eigenvalue weighted by atomic mass is 32.2. The van der Waals surface area contributed by atoms with Crippen molar-refractivity contribution >= 4 is 26.5 Å². The molecule has 0 atom stereocenters. The highest BCUT2D eigenvalue weighted by Gasteiger charge is 2.24. The third kappa shape index (κ3) is 2.96. The molecule has 0 bridgehead atoms. The summed E-state index contributed by atoms with van der Waals surface area (Å²) in [5, 5.41) is 1.20. The van der Waals surface area contributed by atoms with Gasteiger partial charge in [-0.05, 0) is 24.5 Å². The maximum atomic E-state index is 12.2. The molecule has 0 saturated heterocycles. The molecule has 3 rings (SSSR count). The van der Waals surface area contributed by atoms with E-state index in [1.54, 1.807) is 4.31 Å². The molecule has 0 unspecified atom stereocenters. The molecule has 118 valence electrons. The Bertz CT molecular complexity index is 790. The molecule has 1 aromatic carbocycles. The Hall–Kier alpha value is -1.59. The zero-order valence-corrected chi connectivity index (χ0v) is 13.7. The van der Waals surface area contributed by atoms with Crippen LogP contribution >= 0.6 is 0 Å². The van der Waals surface area contributed by atoms with E-state index in [0.29, 0.717) is 13.1 Å². The molecule has 4 nitrogen and oxygen atoms in total. The van der Waals surface area contributed by atoms with Crippen molar-refractivity contribution in [3.63, 3.8) is 0 Å². The topological polar surface area (TPSA) is 53.2 Å². The van der Waals surface area contributed by atoms with Gasteiger partial charge in [0.05, 0.1) is 5.75 Å². The number of hydrogen-bond donors (Lipinski definition) is 1. The zero-order valence-electron chi connectivity index (χ0n) is 12.9. The molecule has 1 aliphatic rings. The van der Waals surface area contributed by atoms with Crippen LogP contribution in [0.1, 0.15) is 31.7 Å². The Labute approximate surface area is 131 Å². The molecular formula is C17H22N2O2S. The van der Waals surface area contributed by atoms with Crippen molar-refractivity contribution in [3.8, 4) is 0 Å². The highest BCUT2D eigenvalue weighted by molar-refractivity contribution is 7.89. The number of aromatic amines is 1. The second-order valence-electron chi connectivity index (χ2n) is 5.75. The fraction of sp³-hybridized carbons (Fsp3) is 0.412. The summed E-state index contributed by atoms with van der Waals surface area (Å²) in [6.07, 6.45) is 6.49. The number of fused-ring (bicyclic) bond motifs is 1. The Kier molecular flexibility index (Phi) is 4.36. The van der Waals surface area contributed by atoms with Gasteiger partial charge in [0.2, 0.25) is 10.0 Å². The third-order valence-corrected chi connectivity index (χ3v) is 6.18. The van der Waals surface area contributed by atoms with E-state index >= 15 is 0 Å². The number of H-pyrrole nitrogens is 1. The first-order chi connectivity index (χ1) is 10.6. The number of para-hydroxylation sites is 1. The normalized spacial score (nSPS) is 16.9. The van der Waals surface area contributed by atoms with Gasteiger partial charge in [-0.1, -0.05) is 37.6 Å². The Morgan fingerprint density at radius 1 is 1.27 bits per heavy atom. The number of sulfonamides is 1. The van der Waals surface area contributed by atoms with E-state index in [-0.39, 0.29) is 5.75 Å². The van der Waals surface area contributed by atoms with E-state index in [1.807, 2.05) is 25.3 Å². The molecular weight excluding hydrogens is 296 g/mol. The predicted octanol–water partition coefficient (Wildman–Crippen LogP) is 3.39. The van der Waals surface area contributed by atoms with Gasteiger partial charge in [-0.25, -0.2) is 8.42 Å². The summed E-state index contributed by atoms with van der Waals surface area (Å²) in [6, 6.07) is 8.21. The third-order valence-electron chi connectivity index (χ3n) is 4.26. The highest BCUT2D eigenvalue weighted by Crippen LogP contribution is 2.29. The summed E-state index contributed by atoms with van der Waals surface area (Å²) < 4.78 is 26.1. The number of benzene rings is 1. The van der Waals surface area contributed by atoms with Crippen LogP contribution < -0.4 is 0 Å². The van der Waals surface area contributed by atoms with Crippen LogP contribution in [-0.4, -0.2) is 36.5 Å². The van der Waals surface area contributed by atoms with Gasteiger partial charge in [0.25, 0.3) is 0 Å². The van der Waals surface area contributed by atoms with Crippen molar-refractivity contribution < 1.29 is 8.42 Å². The van der Waals surface area contributed by atoms with Crippen LogP contribution in [0.3, 0.4) is 0 Å². The van der Waals surface area contributed by atoms with Crippen LogP contribution in [0.25, 0.3) is 16.5 Å². The summed E-state index contributed by atoms with van der Waals surface area (Å²) in [4.78, 5) is 3.28. The SMILES string of the molecule is CCCCS(=O)(=O)N1CC=C(c2c[nH]c3ccccc23)CC1. The van der Waals surface area contributed by atoms with Crippen molar-refractivity contribution in [2.75, 3.05) is 18.8 Å². The van der Waals surface area contributed by atoms with Crippen molar-refractivity contribution in [2.24, 2.45) is 0 Å². The van der Waals surface area contributed by atoms with Crippen LogP contribution in [0.5, 0.6) is 0 Å². The van der Waals surface area contributed by atoms with Gasteiger partial charge >= 0.3 is 0 Å². The minimum atomic E-state index is -3.10. The quantitative estimate of drug-likeness (QED) is 0.919. The average molecular weight is 318 g/mol. The first kappa shape index (κ1) is 15.3. The summed E-state index contributed by atoms with van der Waals surface area (Å²) >= 11 is 0. The van der Waals surface area contributed by atoms with Gasteiger partial charge in [0, 0.05) is 35.8 Å². The molecule has 1 N–H and O–H groups in total. The lowest BCUT2D eigenvalue weighted by Gasteiger charge is -2.25. The molecule has 1 aliphatic heterocycles. The second kappa shape index (κ2) is 6.26. The molecule has 0 spiro atoms. The van der Waals surface area contributed by atoms with Crippen LogP contribution in [0.4, 0.5) is 0 Å². The smallest absolute Gasteiger partial charge is 0.214 e. The van der Waals surface area contributed by atoms with E-state index in [4.69, 9.17) is 0 Å². The van der Waals surface area contributed by atoms with E-state index in [9.17, 15) is 8.42 Å². The molecule has 0 radical (unpaired) electrons. The summed E-state index contributed by atoms with van der Waals surface area (Å²) in [6.45, 7) is 3.08. The first-order valence-electron chi connectivity index (χ1n) is 7.85. The lowest BCUT2D eigenvalue weighted by molar-refractivity contribution is 0.440. The minimum Gasteiger partial charge on any atom is -0.361 e. The van der Waals surface area contributed by atoms with E-state index in [2.05, 4.69) is 23.2 Å². The van der Waals surface area contributed by atoms with Gasteiger partial charge in [0.1, 0.15) is 0 Å². The summed E-state index contributed by atoms with van der Waals surface area (Å²) in [5.74, 6) is 0.264. The summed E-state index contributed by atoms with van der Waals surface area (Å²) in [5.41, 5.74) is 3.55. The Morgan fingerprint density at radius 3 is 2.82 bits per heavy atom. The Morgan fingerprint density at radius 2 is 2.09 bits per heavy atom. The molecule has 2 aromatic rings. The molecule has 0 fully saturated rings. The zero-order chi connectivity index (χ0) is 15.6. The number of nitrogens with zero attached hydrogens (tertiary/aromatic N) is 1.